The van der Waals surface area contributed by atoms with Crippen molar-refractivity contribution in [2.75, 3.05) is 47.5 Å². The van der Waals surface area contributed by atoms with Gasteiger partial charge in [-0.05, 0) is 109 Å². The van der Waals surface area contributed by atoms with Crippen molar-refractivity contribution in [2.45, 2.75) is 213 Å². The highest BCUT2D eigenvalue weighted by Crippen LogP contribution is 2.43. The van der Waals surface area contributed by atoms with E-state index in [4.69, 9.17) is 18.5 Å². The number of nitrogens with zero attached hydrogens (tertiary/aromatic N) is 1. The number of unbranched alkanes of at least 4 members (excludes halogenated alkanes) is 16. The van der Waals surface area contributed by atoms with Crippen molar-refractivity contribution in [1.29, 1.82) is 0 Å². The first kappa shape index (κ1) is 68.4. The van der Waals surface area contributed by atoms with Crippen LogP contribution in [-0.2, 0) is 32.7 Å². The number of quaternary nitrogens is 1. The van der Waals surface area contributed by atoms with Crippen LogP contribution in [0.2, 0.25) is 0 Å². The molecule has 0 aliphatic carbocycles. The maximum absolute atomic E-state index is 12.8. The second kappa shape index (κ2) is 52.3. The number of hydrogen-bond donors (Lipinski definition) is 1. The molecule has 0 heterocycles. The van der Waals surface area contributed by atoms with Gasteiger partial charge in [0, 0.05) is 12.8 Å². The van der Waals surface area contributed by atoms with E-state index in [-0.39, 0.29) is 32.0 Å². The molecule has 10 heteroatoms. The summed E-state index contributed by atoms with van der Waals surface area (Å²) in [4.78, 5) is 35.6. The van der Waals surface area contributed by atoms with Gasteiger partial charge in [-0.3, -0.25) is 18.6 Å². The predicted octanol–water partition coefficient (Wildman–Crippen LogP) is 17.6. The third-order valence-electron chi connectivity index (χ3n) is 11.5. The van der Waals surface area contributed by atoms with Crippen molar-refractivity contribution in [1.82, 2.24) is 0 Å². The normalized spacial score (nSPS) is 14.2. The van der Waals surface area contributed by atoms with E-state index in [0.29, 0.717) is 17.4 Å². The molecule has 0 aliphatic heterocycles. The Kier molecular flexibility index (Phi) is 49.7. The smallest absolute Gasteiger partial charge is 0.462 e. The van der Waals surface area contributed by atoms with Crippen molar-refractivity contribution in [3.05, 3.63) is 122 Å². The molecule has 0 saturated carbocycles. The minimum absolute atomic E-state index is 0.0204. The summed E-state index contributed by atoms with van der Waals surface area (Å²) >= 11 is 0. The van der Waals surface area contributed by atoms with E-state index in [1.807, 2.05) is 21.1 Å². The summed E-state index contributed by atoms with van der Waals surface area (Å²) in [7, 11) is 1.44. The number of phosphoric ester groups is 1. The molecule has 0 aromatic rings. The van der Waals surface area contributed by atoms with E-state index in [1.165, 1.54) is 44.9 Å². The lowest BCUT2D eigenvalue weighted by Crippen LogP contribution is -2.37. The Morgan fingerprint density at radius 1 is 0.444 bits per heavy atom. The molecule has 0 rings (SSSR count). The number of carbonyl (C=O) groups is 2. The average Bonchev–Trinajstić information content (AvgIpc) is 3.34. The van der Waals surface area contributed by atoms with Crippen molar-refractivity contribution >= 4 is 19.8 Å². The van der Waals surface area contributed by atoms with Crippen LogP contribution >= 0.6 is 7.82 Å². The highest BCUT2D eigenvalue weighted by atomic mass is 31.2. The van der Waals surface area contributed by atoms with Gasteiger partial charge in [0.2, 0.25) is 0 Å². The zero-order valence-electron chi connectivity index (χ0n) is 46.4. The number of allylic oxidation sites excluding steroid dienone is 20. The number of hydrogen-bond acceptors (Lipinski definition) is 7. The summed E-state index contributed by atoms with van der Waals surface area (Å²) in [6.45, 7) is 4.25. The Morgan fingerprint density at radius 2 is 0.792 bits per heavy atom. The van der Waals surface area contributed by atoms with Gasteiger partial charge in [-0.2, -0.15) is 0 Å². The molecule has 0 fully saturated rings. The predicted molar refractivity (Wildman–Crippen MR) is 307 cm³/mol. The van der Waals surface area contributed by atoms with Crippen LogP contribution in [0.1, 0.15) is 206 Å². The van der Waals surface area contributed by atoms with Gasteiger partial charge in [0.1, 0.15) is 19.8 Å². The first-order valence-electron chi connectivity index (χ1n) is 28.3. The molecule has 0 saturated heterocycles. The third-order valence-corrected chi connectivity index (χ3v) is 12.5. The SMILES string of the molecule is CC/C=C\C/C=C\C/C=C\C/C=C\C/C=C\C/C=C\C/C=C\C/C=C\CCCCCCCCC(=O)OC(COC(=O)CCCCCCCCC/C=C\C/C=C\CCCCC)COP(=O)(O)OCC[N+](C)(C)C. The van der Waals surface area contributed by atoms with E-state index < -0.39 is 26.5 Å². The monoisotopic (exact) mass is 1020 g/mol. The number of carbonyl (C=O) groups excluding carboxylic acids is 2. The van der Waals surface area contributed by atoms with E-state index in [9.17, 15) is 19.0 Å². The van der Waals surface area contributed by atoms with Crippen LogP contribution < -0.4 is 0 Å². The molecular formula is C62H105NO8P+. The van der Waals surface area contributed by atoms with Gasteiger partial charge in [0.15, 0.2) is 6.10 Å². The molecule has 0 aromatic heterocycles. The zero-order valence-corrected chi connectivity index (χ0v) is 47.3. The van der Waals surface area contributed by atoms with Crippen LogP contribution in [0.25, 0.3) is 0 Å². The minimum atomic E-state index is -4.40. The maximum atomic E-state index is 12.8. The van der Waals surface area contributed by atoms with Gasteiger partial charge in [-0.15, -0.1) is 0 Å². The molecule has 0 bridgehead atoms. The summed E-state index contributed by atoms with van der Waals surface area (Å²) in [5, 5.41) is 0. The third kappa shape index (κ3) is 55.7. The topological polar surface area (TPSA) is 108 Å². The molecule has 0 spiro atoms. The highest BCUT2D eigenvalue weighted by Gasteiger charge is 2.27. The minimum Gasteiger partial charge on any atom is -0.462 e. The molecule has 410 valence electrons. The molecule has 9 nitrogen and oxygen atoms in total. The number of ether oxygens (including phenoxy) is 2. The molecule has 2 atom stereocenters. The van der Waals surface area contributed by atoms with Crippen LogP contribution in [0.15, 0.2) is 122 Å². The second-order valence-electron chi connectivity index (χ2n) is 19.6. The Bertz CT molecular complexity index is 1630. The van der Waals surface area contributed by atoms with Gasteiger partial charge < -0.3 is 18.9 Å². The molecule has 2 unspecified atom stereocenters. The largest absolute Gasteiger partial charge is 0.472 e. The fraction of sp³-hybridized carbons (Fsp3) is 0.645. The summed E-state index contributed by atoms with van der Waals surface area (Å²) in [6, 6.07) is 0. The first-order valence-corrected chi connectivity index (χ1v) is 29.8. The highest BCUT2D eigenvalue weighted by molar-refractivity contribution is 7.47. The first-order chi connectivity index (χ1) is 35.0. The lowest BCUT2D eigenvalue weighted by atomic mass is 10.1. The van der Waals surface area contributed by atoms with Crippen molar-refractivity contribution in [3.8, 4) is 0 Å². The summed E-state index contributed by atoms with van der Waals surface area (Å²) < 4.78 is 34.5. The molecule has 72 heavy (non-hydrogen) atoms. The Hall–Kier alpha value is -3.59. The van der Waals surface area contributed by atoms with E-state index in [1.54, 1.807) is 0 Å². The zero-order chi connectivity index (χ0) is 52.7. The number of rotatable bonds is 50. The maximum Gasteiger partial charge on any atom is 0.472 e. The van der Waals surface area contributed by atoms with Gasteiger partial charge in [0.05, 0.1) is 27.7 Å². The lowest BCUT2D eigenvalue weighted by molar-refractivity contribution is -0.870. The van der Waals surface area contributed by atoms with E-state index >= 15 is 0 Å². The quantitative estimate of drug-likeness (QED) is 0.0211. The summed E-state index contributed by atoms with van der Waals surface area (Å²) in [6.07, 6.45) is 74.0. The van der Waals surface area contributed by atoms with Gasteiger partial charge in [0.25, 0.3) is 0 Å². The van der Waals surface area contributed by atoms with Crippen LogP contribution in [0.5, 0.6) is 0 Å². The molecule has 1 N–H and O–H groups in total. The van der Waals surface area contributed by atoms with Crippen molar-refractivity contribution in [2.24, 2.45) is 0 Å². The van der Waals surface area contributed by atoms with E-state index in [2.05, 4.69) is 135 Å². The summed E-state index contributed by atoms with van der Waals surface area (Å²) in [5.41, 5.74) is 0. The average molecular weight is 1020 g/mol. The second-order valence-corrected chi connectivity index (χ2v) is 21.0. The molecule has 0 amide bonds. The van der Waals surface area contributed by atoms with Crippen LogP contribution in [0.4, 0.5) is 0 Å². The number of esters is 2. The Balaban J connectivity index is 4.26. The molecule has 0 radical (unpaired) electrons. The molecule has 0 aliphatic rings. The van der Waals surface area contributed by atoms with Crippen molar-refractivity contribution < 1.29 is 42.1 Å². The van der Waals surface area contributed by atoms with Crippen LogP contribution in [-0.4, -0.2) is 74.9 Å². The van der Waals surface area contributed by atoms with Crippen LogP contribution in [0.3, 0.4) is 0 Å². The molecular weight excluding hydrogens is 918 g/mol. The molecule has 0 aromatic carbocycles. The number of likely N-dealkylation sites (N-methyl/N-ethyl adjacent to an activating group) is 1. The Labute approximate surface area is 441 Å². The van der Waals surface area contributed by atoms with Crippen molar-refractivity contribution in [3.63, 3.8) is 0 Å². The standard InChI is InChI=1S/C62H104NO8P/c1-6-8-10-12-14-16-18-20-22-24-25-26-27-28-29-30-31-32-33-34-35-36-37-39-41-43-45-47-49-51-53-55-62(65)71-60(59-70-72(66,67)69-57-56-63(3,4)5)58-68-61(64)54-52-50-48-46-44-42-40-38-23-21-19-17-15-13-11-9-7-2/h8,10,14-17,20-23,25-26,28-29,31-32,34-35,37,39,60H,6-7,9,11-13,18-19,24,27,30,33,36,38,40-59H2,1-5H3/p+1/b10-8-,16-14-,17-15-,22-20-,23-21-,26-25-,29-28-,32-31-,35-34-,39-37-. The van der Waals surface area contributed by atoms with Gasteiger partial charge in [-0.25, -0.2) is 4.57 Å². The van der Waals surface area contributed by atoms with Gasteiger partial charge in [-0.1, -0.05) is 206 Å². The fourth-order valence-electron chi connectivity index (χ4n) is 7.12. The summed E-state index contributed by atoms with van der Waals surface area (Å²) in [5.74, 6) is -0.832. The van der Waals surface area contributed by atoms with Gasteiger partial charge >= 0.3 is 19.8 Å². The fourth-order valence-corrected chi connectivity index (χ4v) is 7.86. The lowest BCUT2D eigenvalue weighted by Gasteiger charge is -2.24. The van der Waals surface area contributed by atoms with E-state index in [0.717, 1.165) is 128 Å². The number of phosphoric acid groups is 1. The van der Waals surface area contributed by atoms with Crippen LogP contribution in [0, 0.1) is 0 Å². The Morgan fingerprint density at radius 3 is 1.18 bits per heavy atom.